The van der Waals surface area contributed by atoms with Crippen LogP contribution in [-0.4, -0.2) is 18.7 Å². The van der Waals surface area contributed by atoms with E-state index in [4.69, 9.17) is 0 Å². The first-order chi connectivity index (χ1) is 8.28. The van der Waals surface area contributed by atoms with Crippen LogP contribution in [0.25, 0.3) is 0 Å². The second-order valence-corrected chi connectivity index (χ2v) is 6.93. The molecule has 3 rings (SSSR count). The van der Waals surface area contributed by atoms with E-state index in [0.29, 0.717) is 23.2 Å². The monoisotopic (exact) mass is 251 g/mol. The van der Waals surface area contributed by atoms with Crippen LogP contribution < -0.4 is 5.32 Å². The number of carbonyl (C=O) groups is 2. The van der Waals surface area contributed by atoms with Crippen LogP contribution in [0, 0.1) is 28.6 Å². The Hall–Kier alpha value is -0.860. The molecular formula is C15H25NO2. The summed E-state index contributed by atoms with van der Waals surface area (Å²) in [5.41, 5.74) is 0.543. The fourth-order valence-corrected chi connectivity index (χ4v) is 5.18. The standard InChI is InChI=1S/C12H19NO.C3H6O/c1-7-4-11(2)5-8-6-12(7,9(8)11)10(14)13-3;1-3(2)4/h7-9H,4-6H2,1-3H3,(H,13,14);1-2H3. The Morgan fingerprint density at radius 1 is 1.17 bits per heavy atom. The van der Waals surface area contributed by atoms with Gasteiger partial charge >= 0.3 is 0 Å². The minimum Gasteiger partial charge on any atom is -0.359 e. The molecule has 1 amide bonds. The molecule has 0 aliphatic heterocycles. The summed E-state index contributed by atoms with van der Waals surface area (Å²) in [5, 5.41) is 2.88. The summed E-state index contributed by atoms with van der Waals surface area (Å²) < 4.78 is 0. The van der Waals surface area contributed by atoms with Gasteiger partial charge in [0.05, 0.1) is 5.41 Å². The van der Waals surface area contributed by atoms with Crippen LogP contribution in [0.3, 0.4) is 0 Å². The molecule has 3 nitrogen and oxygen atoms in total. The van der Waals surface area contributed by atoms with Gasteiger partial charge in [-0.2, -0.15) is 0 Å². The van der Waals surface area contributed by atoms with Crippen molar-refractivity contribution < 1.29 is 9.59 Å². The molecule has 0 radical (unpaired) electrons. The number of amides is 1. The molecule has 102 valence electrons. The van der Waals surface area contributed by atoms with Crippen LogP contribution in [0.4, 0.5) is 0 Å². The molecule has 0 aromatic rings. The van der Waals surface area contributed by atoms with Gasteiger partial charge in [-0.3, -0.25) is 4.79 Å². The number of carbonyl (C=O) groups excluding carboxylic acids is 2. The first-order valence-corrected chi connectivity index (χ1v) is 6.97. The normalized spacial score (nSPS) is 46.8. The lowest BCUT2D eigenvalue weighted by atomic mass is 9.39. The molecule has 3 fully saturated rings. The molecular weight excluding hydrogens is 226 g/mol. The third-order valence-electron chi connectivity index (χ3n) is 5.41. The van der Waals surface area contributed by atoms with Gasteiger partial charge < -0.3 is 10.1 Å². The van der Waals surface area contributed by atoms with Gasteiger partial charge in [0.25, 0.3) is 0 Å². The van der Waals surface area contributed by atoms with E-state index in [2.05, 4.69) is 19.2 Å². The summed E-state index contributed by atoms with van der Waals surface area (Å²) in [6, 6.07) is 0. The van der Waals surface area contributed by atoms with E-state index in [1.807, 2.05) is 0 Å². The maximum atomic E-state index is 12.0. The van der Waals surface area contributed by atoms with Crippen molar-refractivity contribution in [2.75, 3.05) is 7.05 Å². The highest BCUT2D eigenvalue weighted by atomic mass is 16.2. The second-order valence-electron chi connectivity index (χ2n) is 6.93. The van der Waals surface area contributed by atoms with E-state index in [1.54, 1.807) is 7.05 Å². The van der Waals surface area contributed by atoms with Crippen molar-refractivity contribution in [1.82, 2.24) is 5.32 Å². The van der Waals surface area contributed by atoms with Crippen LogP contribution in [-0.2, 0) is 9.59 Å². The lowest BCUT2D eigenvalue weighted by Crippen LogP contribution is -2.64. The summed E-state index contributed by atoms with van der Waals surface area (Å²) in [6.45, 7) is 7.71. The van der Waals surface area contributed by atoms with Gasteiger partial charge in [0.1, 0.15) is 5.78 Å². The van der Waals surface area contributed by atoms with Crippen molar-refractivity contribution in [2.45, 2.75) is 47.0 Å². The Morgan fingerprint density at radius 3 is 2.17 bits per heavy atom. The molecule has 1 N–H and O–H groups in total. The Morgan fingerprint density at radius 2 is 1.72 bits per heavy atom. The van der Waals surface area contributed by atoms with Crippen LogP contribution in [0.2, 0.25) is 0 Å². The van der Waals surface area contributed by atoms with E-state index >= 15 is 0 Å². The Bertz CT molecular complexity index is 388. The maximum absolute atomic E-state index is 12.0. The van der Waals surface area contributed by atoms with Crippen molar-refractivity contribution in [2.24, 2.45) is 28.6 Å². The zero-order chi connectivity index (χ0) is 13.7. The predicted molar refractivity (Wildman–Crippen MR) is 71.0 cm³/mol. The molecule has 5 atom stereocenters. The van der Waals surface area contributed by atoms with Gasteiger partial charge in [0.2, 0.25) is 5.91 Å². The number of Topliss-reactive ketones (excluding diaryl/α,β-unsaturated/α-hetero) is 1. The topological polar surface area (TPSA) is 46.2 Å². The average Bonchev–Trinajstić information content (AvgIpc) is 2.32. The summed E-state index contributed by atoms with van der Waals surface area (Å²) in [4.78, 5) is 21.4. The second kappa shape index (κ2) is 4.07. The summed E-state index contributed by atoms with van der Waals surface area (Å²) in [6.07, 6.45) is 3.80. The lowest BCUT2D eigenvalue weighted by molar-refractivity contribution is -0.188. The van der Waals surface area contributed by atoms with E-state index in [1.165, 1.54) is 26.7 Å². The minimum absolute atomic E-state index is 0.0341. The maximum Gasteiger partial charge on any atom is 0.226 e. The molecule has 0 heterocycles. The smallest absolute Gasteiger partial charge is 0.226 e. The molecule has 3 aliphatic rings. The predicted octanol–water partition coefficient (Wildman–Crippen LogP) is 2.40. The third kappa shape index (κ3) is 1.55. The molecule has 0 aromatic carbocycles. The highest BCUT2D eigenvalue weighted by molar-refractivity contribution is 5.85. The fourth-order valence-electron chi connectivity index (χ4n) is 5.18. The van der Waals surface area contributed by atoms with Crippen LogP contribution in [0.5, 0.6) is 0 Å². The zero-order valence-electron chi connectivity index (χ0n) is 12.2. The average molecular weight is 251 g/mol. The quantitative estimate of drug-likeness (QED) is 0.778. The summed E-state index contributed by atoms with van der Waals surface area (Å²) in [5.74, 6) is 2.66. The van der Waals surface area contributed by atoms with Gasteiger partial charge in [-0.1, -0.05) is 13.8 Å². The lowest BCUT2D eigenvalue weighted by Gasteiger charge is -2.65. The van der Waals surface area contributed by atoms with Gasteiger partial charge in [-0.15, -0.1) is 0 Å². The zero-order valence-corrected chi connectivity index (χ0v) is 12.2. The van der Waals surface area contributed by atoms with Crippen molar-refractivity contribution in [3.8, 4) is 0 Å². The highest BCUT2D eigenvalue weighted by Gasteiger charge is 2.76. The summed E-state index contributed by atoms with van der Waals surface area (Å²) in [7, 11) is 1.78. The molecule has 5 unspecified atom stereocenters. The Labute approximate surface area is 110 Å². The van der Waals surface area contributed by atoms with E-state index in [9.17, 15) is 9.59 Å². The largest absolute Gasteiger partial charge is 0.359 e. The van der Waals surface area contributed by atoms with Gasteiger partial charge in [0.15, 0.2) is 0 Å². The number of nitrogens with one attached hydrogen (secondary N) is 1. The number of rotatable bonds is 1. The van der Waals surface area contributed by atoms with Gasteiger partial charge in [-0.05, 0) is 56.3 Å². The van der Waals surface area contributed by atoms with Crippen molar-refractivity contribution >= 4 is 11.7 Å². The molecule has 18 heavy (non-hydrogen) atoms. The molecule has 0 spiro atoms. The third-order valence-corrected chi connectivity index (χ3v) is 5.41. The first kappa shape index (κ1) is 13.6. The number of hydrogen-bond donors (Lipinski definition) is 1. The first-order valence-electron chi connectivity index (χ1n) is 6.97. The van der Waals surface area contributed by atoms with Crippen molar-refractivity contribution in [3.05, 3.63) is 0 Å². The Balaban J connectivity index is 0.000000267. The number of ketones is 1. The molecule has 3 saturated carbocycles. The van der Waals surface area contributed by atoms with E-state index in [0.717, 1.165) is 12.3 Å². The van der Waals surface area contributed by atoms with Crippen molar-refractivity contribution in [3.63, 3.8) is 0 Å². The van der Waals surface area contributed by atoms with Crippen molar-refractivity contribution in [1.29, 1.82) is 0 Å². The van der Waals surface area contributed by atoms with Gasteiger partial charge in [0, 0.05) is 7.05 Å². The van der Waals surface area contributed by atoms with Crippen LogP contribution in [0.1, 0.15) is 47.0 Å². The van der Waals surface area contributed by atoms with Crippen LogP contribution in [0.15, 0.2) is 0 Å². The van der Waals surface area contributed by atoms with Crippen LogP contribution >= 0.6 is 0 Å². The minimum atomic E-state index is 0.0341. The van der Waals surface area contributed by atoms with E-state index in [-0.39, 0.29) is 11.2 Å². The molecule has 0 bridgehead atoms. The van der Waals surface area contributed by atoms with Gasteiger partial charge in [-0.25, -0.2) is 0 Å². The highest BCUT2D eigenvalue weighted by Crippen LogP contribution is 2.79. The molecule has 3 aliphatic carbocycles. The molecule has 0 aromatic heterocycles. The fraction of sp³-hybridized carbons (Fsp3) is 0.867. The number of hydrogen-bond acceptors (Lipinski definition) is 2. The SMILES string of the molecule is CC(C)=O.CNC(=O)C12CC3CC(C)(CC1C)C32. The molecule has 3 heteroatoms. The summed E-state index contributed by atoms with van der Waals surface area (Å²) >= 11 is 0. The Kier molecular flexibility index (Phi) is 3.07. The molecule has 0 saturated heterocycles. The van der Waals surface area contributed by atoms with E-state index < -0.39 is 0 Å².